The van der Waals surface area contributed by atoms with Crippen LogP contribution in [0.25, 0.3) is 11.0 Å². The van der Waals surface area contributed by atoms with Crippen LogP contribution in [-0.2, 0) is 26.0 Å². The van der Waals surface area contributed by atoms with Crippen molar-refractivity contribution < 1.29 is 31.9 Å². The maximum atomic E-state index is 14.7. The molecule has 11 heteroatoms. The fraction of sp³-hybridized carbons (Fsp3) is 0.405. The Hall–Kier alpha value is -4.35. The molecule has 1 atom stereocenters. The number of fused-ring (bicyclic) bond motifs is 1. The van der Waals surface area contributed by atoms with Gasteiger partial charge in [-0.3, -0.25) is 0 Å². The monoisotopic (exact) mass is 675 g/mol. The molecule has 0 saturated carbocycles. The number of ether oxygens (including phenoxy) is 2. The van der Waals surface area contributed by atoms with E-state index in [1.807, 2.05) is 83.1 Å². The molecule has 0 radical (unpaired) electrons. The zero-order valence-electron chi connectivity index (χ0n) is 28.8. The van der Waals surface area contributed by atoms with Gasteiger partial charge in [-0.05, 0) is 83.9 Å². The lowest BCUT2D eigenvalue weighted by atomic mass is 10.1. The lowest BCUT2D eigenvalue weighted by molar-refractivity contribution is 0.0240. The third kappa shape index (κ3) is 7.52. The maximum Gasteiger partial charge on any atom is 0.410 e. The number of rotatable bonds is 9. The summed E-state index contributed by atoms with van der Waals surface area (Å²) in [4.78, 5) is 29.2. The second-order valence-electron chi connectivity index (χ2n) is 13.2. The number of amides is 1. The van der Waals surface area contributed by atoms with Crippen LogP contribution in [0.3, 0.4) is 0 Å². The van der Waals surface area contributed by atoms with Crippen LogP contribution in [0.4, 0.5) is 10.5 Å². The largest absolute Gasteiger partial charge is 0.460 e. The Labute approximate surface area is 283 Å². The van der Waals surface area contributed by atoms with E-state index in [0.29, 0.717) is 42.7 Å². The van der Waals surface area contributed by atoms with Gasteiger partial charge in [0.2, 0.25) is 15.8 Å². The average molecular weight is 676 g/mol. The predicted molar refractivity (Wildman–Crippen MR) is 186 cm³/mol. The molecule has 5 rings (SSSR count). The second kappa shape index (κ2) is 14.0. The van der Waals surface area contributed by atoms with Crippen LogP contribution in [0.1, 0.15) is 73.5 Å². The summed E-state index contributed by atoms with van der Waals surface area (Å²) in [6.07, 6.45) is -0.334. The Morgan fingerprint density at radius 2 is 1.62 bits per heavy atom. The molecular weight excluding hydrogens is 630 g/mol. The molecule has 1 saturated heterocycles. The average Bonchev–Trinajstić information content (AvgIpc) is 3.39. The van der Waals surface area contributed by atoms with Crippen LogP contribution < -0.4 is 4.90 Å². The molecular formula is C37H45N3O7S. The number of hydrogen-bond donors (Lipinski definition) is 0. The minimum absolute atomic E-state index is 0.0620. The van der Waals surface area contributed by atoms with Crippen molar-refractivity contribution in [1.29, 1.82) is 0 Å². The highest BCUT2D eigenvalue weighted by molar-refractivity contribution is 7.89. The molecule has 4 aromatic rings. The summed E-state index contributed by atoms with van der Waals surface area (Å²) in [5.74, 6) is -0.527. The molecule has 3 aromatic carbocycles. The van der Waals surface area contributed by atoms with Crippen molar-refractivity contribution in [3.05, 3.63) is 94.7 Å². The van der Waals surface area contributed by atoms with Gasteiger partial charge < -0.3 is 23.7 Å². The van der Waals surface area contributed by atoms with E-state index in [9.17, 15) is 18.0 Å². The Morgan fingerprint density at radius 1 is 0.958 bits per heavy atom. The van der Waals surface area contributed by atoms with Crippen LogP contribution >= 0.6 is 0 Å². The summed E-state index contributed by atoms with van der Waals surface area (Å²) in [5.41, 5.74) is 4.05. The van der Waals surface area contributed by atoms with Gasteiger partial charge >= 0.3 is 12.1 Å². The van der Waals surface area contributed by atoms with E-state index in [4.69, 9.17) is 13.9 Å². The molecule has 1 fully saturated rings. The van der Waals surface area contributed by atoms with Crippen molar-refractivity contribution in [2.75, 3.05) is 37.7 Å². The molecule has 1 aliphatic heterocycles. The number of anilines is 1. The van der Waals surface area contributed by atoms with E-state index < -0.39 is 27.6 Å². The number of esters is 1. The number of carbonyl (C=O) groups is 2. The number of piperazine rings is 1. The van der Waals surface area contributed by atoms with Crippen LogP contribution in [-0.4, -0.2) is 68.1 Å². The minimum atomic E-state index is -4.08. The van der Waals surface area contributed by atoms with Gasteiger partial charge in [-0.25, -0.2) is 18.0 Å². The third-order valence-electron chi connectivity index (χ3n) is 8.56. The van der Waals surface area contributed by atoms with Crippen molar-refractivity contribution in [2.45, 2.75) is 71.5 Å². The standard InChI is InChI=1S/C37H45N3O7S/c1-8-45-35(41)34-26(3)31-23-30(17-18-33(31)46-34)48(43,44)40(27(4)28-15-13-25(2)14-16-28)24-29-11-9-10-12-32(29)38-19-21-39(22-20-38)36(42)47-37(5,6)7/h9-18,23,27H,8,19-22,24H2,1-7H3. The third-order valence-corrected chi connectivity index (χ3v) is 10.5. The first kappa shape index (κ1) is 35.0. The van der Waals surface area contributed by atoms with Crippen molar-refractivity contribution in [1.82, 2.24) is 9.21 Å². The van der Waals surface area contributed by atoms with E-state index in [1.165, 1.54) is 10.4 Å². The first-order valence-corrected chi connectivity index (χ1v) is 17.7. The van der Waals surface area contributed by atoms with Crippen molar-refractivity contribution in [3.63, 3.8) is 0 Å². The number of furan rings is 1. The molecule has 256 valence electrons. The Kier molecular flexibility index (Phi) is 10.2. The van der Waals surface area contributed by atoms with Gasteiger partial charge in [-0.2, -0.15) is 4.31 Å². The first-order chi connectivity index (χ1) is 22.7. The molecule has 1 aliphatic rings. The number of sulfonamides is 1. The zero-order chi connectivity index (χ0) is 34.8. The number of aryl methyl sites for hydroxylation is 2. The highest BCUT2D eigenvalue weighted by Crippen LogP contribution is 2.35. The molecule has 48 heavy (non-hydrogen) atoms. The fourth-order valence-corrected chi connectivity index (χ4v) is 7.53. The molecule has 0 spiro atoms. The Bertz CT molecular complexity index is 1890. The summed E-state index contributed by atoms with van der Waals surface area (Å²) < 4.78 is 47.3. The van der Waals surface area contributed by atoms with Gasteiger partial charge in [-0.15, -0.1) is 0 Å². The van der Waals surface area contributed by atoms with E-state index in [-0.39, 0.29) is 29.9 Å². The highest BCUT2D eigenvalue weighted by Gasteiger charge is 2.33. The second-order valence-corrected chi connectivity index (χ2v) is 15.0. The van der Waals surface area contributed by atoms with Gasteiger partial charge in [0, 0.05) is 55.4 Å². The van der Waals surface area contributed by atoms with Gasteiger partial charge in [-0.1, -0.05) is 48.0 Å². The summed E-state index contributed by atoms with van der Waals surface area (Å²) in [6.45, 7) is 15.3. The molecule has 0 bridgehead atoms. The number of para-hydroxylation sites is 1. The summed E-state index contributed by atoms with van der Waals surface area (Å²) in [6, 6.07) is 19.8. The maximum absolute atomic E-state index is 14.7. The predicted octanol–water partition coefficient (Wildman–Crippen LogP) is 7.24. The molecule has 0 aliphatic carbocycles. The van der Waals surface area contributed by atoms with Gasteiger partial charge in [0.05, 0.1) is 11.5 Å². The summed E-state index contributed by atoms with van der Waals surface area (Å²) in [7, 11) is -4.08. The normalized spacial score (nSPS) is 14.8. The van der Waals surface area contributed by atoms with Crippen LogP contribution in [0.5, 0.6) is 0 Å². The van der Waals surface area contributed by atoms with Gasteiger partial charge in [0.15, 0.2) is 0 Å². The topological polar surface area (TPSA) is 110 Å². The molecule has 0 N–H and O–H groups in total. The lowest BCUT2D eigenvalue weighted by Crippen LogP contribution is -2.50. The lowest BCUT2D eigenvalue weighted by Gasteiger charge is -2.38. The molecule has 1 unspecified atom stereocenters. The number of carbonyl (C=O) groups excluding carboxylic acids is 2. The van der Waals surface area contributed by atoms with E-state index in [0.717, 1.165) is 22.4 Å². The van der Waals surface area contributed by atoms with Gasteiger partial charge in [0.1, 0.15) is 11.2 Å². The molecule has 1 amide bonds. The Balaban J connectivity index is 1.49. The van der Waals surface area contributed by atoms with Crippen molar-refractivity contribution in [3.8, 4) is 0 Å². The number of nitrogens with zero attached hydrogens (tertiary/aromatic N) is 3. The molecule has 2 heterocycles. The van der Waals surface area contributed by atoms with Crippen LogP contribution in [0, 0.1) is 13.8 Å². The molecule has 1 aromatic heterocycles. The molecule has 10 nitrogen and oxygen atoms in total. The van der Waals surface area contributed by atoms with Crippen LogP contribution in [0.15, 0.2) is 76.0 Å². The fourth-order valence-electron chi connectivity index (χ4n) is 5.91. The Morgan fingerprint density at radius 3 is 2.27 bits per heavy atom. The zero-order valence-corrected chi connectivity index (χ0v) is 29.6. The highest BCUT2D eigenvalue weighted by atomic mass is 32.2. The van der Waals surface area contributed by atoms with E-state index >= 15 is 0 Å². The smallest absolute Gasteiger partial charge is 0.410 e. The van der Waals surface area contributed by atoms with Crippen LogP contribution in [0.2, 0.25) is 0 Å². The SMILES string of the molecule is CCOC(=O)c1oc2ccc(S(=O)(=O)N(Cc3ccccc3N3CCN(C(=O)OC(C)(C)C)CC3)C(C)c3ccc(C)cc3)cc2c1C. The van der Waals surface area contributed by atoms with Crippen molar-refractivity contribution >= 4 is 38.7 Å². The van der Waals surface area contributed by atoms with E-state index in [1.54, 1.807) is 30.9 Å². The van der Waals surface area contributed by atoms with Crippen molar-refractivity contribution in [2.24, 2.45) is 0 Å². The van der Waals surface area contributed by atoms with Gasteiger partial charge in [0.25, 0.3) is 0 Å². The van der Waals surface area contributed by atoms with E-state index in [2.05, 4.69) is 4.90 Å². The summed E-state index contributed by atoms with van der Waals surface area (Å²) in [5, 5.41) is 0.533. The first-order valence-electron chi connectivity index (χ1n) is 16.3. The quantitative estimate of drug-likeness (QED) is 0.171. The number of hydrogen-bond acceptors (Lipinski definition) is 8. The minimum Gasteiger partial charge on any atom is -0.460 e. The summed E-state index contributed by atoms with van der Waals surface area (Å²) >= 11 is 0. The number of benzene rings is 3.